The maximum absolute atomic E-state index is 5.09. The number of pyridine rings is 1. The van der Waals surface area contributed by atoms with Crippen LogP contribution in [-0.2, 0) is 6.42 Å². The van der Waals surface area contributed by atoms with Crippen molar-refractivity contribution in [3.05, 3.63) is 29.6 Å². The van der Waals surface area contributed by atoms with Gasteiger partial charge >= 0.3 is 0 Å². The van der Waals surface area contributed by atoms with Gasteiger partial charge < -0.3 is 4.90 Å². The Labute approximate surface area is 108 Å². The lowest BCUT2D eigenvalue weighted by Gasteiger charge is -2.11. The molecule has 5 heteroatoms. The monoisotopic (exact) mass is 251 g/mol. The number of aromatic nitrogens is 1. The molecule has 0 aliphatic carbocycles. The second-order valence-corrected chi connectivity index (χ2v) is 4.36. The first-order valence-electron chi connectivity index (χ1n) is 5.57. The second kappa shape index (κ2) is 6.30. The summed E-state index contributed by atoms with van der Waals surface area (Å²) in [5.41, 5.74) is 6.00. The molecule has 0 atom stereocenters. The molecule has 2 N–H and O–H groups in total. The molecule has 1 heterocycles. The third-order valence-electron chi connectivity index (χ3n) is 2.39. The van der Waals surface area contributed by atoms with E-state index >= 15 is 0 Å². The molecular formula is C12H19N4S+. The molecule has 0 radical (unpaired) electrons. The van der Waals surface area contributed by atoms with Gasteiger partial charge in [0.05, 0.1) is 0 Å². The van der Waals surface area contributed by atoms with Gasteiger partial charge in [0.2, 0.25) is 5.69 Å². The summed E-state index contributed by atoms with van der Waals surface area (Å²) in [4.78, 5) is 4.97. The Morgan fingerprint density at radius 3 is 2.82 bits per heavy atom. The van der Waals surface area contributed by atoms with Crippen LogP contribution in [0.5, 0.6) is 0 Å². The van der Waals surface area contributed by atoms with E-state index in [4.69, 9.17) is 12.2 Å². The lowest BCUT2D eigenvalue weighted by atomic mass is 10.1. The lowest BCUT2D eigenvalue weighted by molar-refractivity contribution is -0.380. The van der Waals surface area contributed by atoms with E-state index in [9.17, 15) is 0 Å². The highest BCUT2D eigenvalue weighted by molar-refractivity contribution is 7.80. The molecule has 0 fully saturated rings. The van der Waals surface area contributed by atoms with Crippen LogP contribution in [0.3, 0.4) is 0 Å². The van der Waals surface area contributed by atoms with Gasteiger partial charge in [-0.15, -0.1) is 0 Å². The van der Waals surface area contributed by atoms with Gasteiger partial charge in [-0.25, -0.2) is 4.98 Å². The Morgan fingerprint density at radius 2 is 2.24 bits per heavy atom. The summed E-state index contributed by atoms with van der Waals surface area (Å²) in [5.74, 6) is 0. The zero-order valence-electron chi connectivity index (χ0n) is 10.7. The SMILES string of the molecule is CCc1cc[nH+]c(/C(C)=N/NC(=S)N(C)C)c1. The summed E-state index contributed by atoms with van der Waals surface area (Å²) >= 11 is 5.09. The minimum Gasteiger partial charge on any atom is -0.354 e. The Morgan fingerprint density at radius 1 is 1.53 bits per heavy atom. The van der Waals surface area contributed by atoms with Crippen molar-refractivity contribution in [2.24, 2.45) is 5.10 Å². The van der Waals surface area contributed by atoms with E-state index in [1.165, 1.54) is 5.56 Å². The first-order valence-corrected chi connectivity index (χ1v) is 5.98. The molecule has 92 valence electrons. The fraction of sp³-hybridized carbons (Fsp3) is 0.417. The molecule has 0 aliphatic heterocycles. The van der Waals surface area contributed by atoms with Crippen LogP contribution in [0.25, 0.3) is 0 Å². The van der Waals surface area contributed by atoms with Crippen molar-refractivity contribution in [2.75, 3.05) is 14.1 Å². The van der Waals surface area contributed by atoms with Crippen LogP contribution in [-0.4, -0.2) is 29.8 Å². The molecule has 1 rings (SSSR count). The van der Waals surface area contributed by atoms with Gasteiger partial charge in [0.25, 0.3) is 0 Å². The number of hydrogen-bond acceptors (Lipinski definition) is 2. The van der Waals surface area contributed by atoms with Crippen LogP contribution in [0.15, 0.2) is 23.4 Å². The van der Waals surface area contributed by atoms with E-state index < -0.39 is 0 Å². The Bertz CT molecular complexity index is 426. The maximum Gasteiger partial charge on any atom is 0.226 e. The van der Waals surface area contributed by atoms with Gasteiger partial charge in [0, 0.05) is 26.2 Å². The van der Waals surface area contributed by atoms with Gasteiger partial charge in [-0.05, 0) is 31.1 Å². The number of H-pyrrole nitrogens is 1. The van der Waals surface area contributed by atoms with E-state index in [1.807, 2.05) is 27.2 Å². The molecule has 0 saturated carbocycles. The first-order chi connectivity index (χ1) is 8.04. The highest BCUT2D eigenvalue weighted by Crippen LogP contribution is 2.00. The molecule has 1 aromatic heterocycles. The molecule has 17 heavy (non-hydrogen) atoms. The Hall–Kier alpha value is -1.49. The van der Waals surface area contributed by atoms with Crippen LogP contribution in [0.1, 0.15) is 25.1 Å². The fourth-order valence-electron chi connectivity index (χ4n) is 1.23. The van der Waals surface area contributed by atoms with E-state index in [0.29, 0.717) is 5.11 Å². The average molecular weight is 251 g/mol. The maximum atomic E-state index is 5.09. The van der Waals surface area contributed by atoms with Crippen LogP contribution in [0, 0.1) is 0 Å². The number of nitrogens with zero attached hydrogens (tertiary/aromatic N) is 2. The molecule has 0 amide bonds. The first kappa shape index (κ1) is 13.6. The van der Waals surface area contributed by atoms with Crippen LogP contribution in [0.2, 0.25) is 0 Å². The van der Waals surface area contributed by atoms with Gasteiger partial charge in [0.1, 0.15) is 5.71 Å². The average Bonchev–Trinajstić information content (AvgIpc) is 2.35. The quantitative estimate of drug-likeness (QED) is 0.499. The molecule has 0 aliphatic rings. The van der Waals surface area contributed by atoms with Crippen LogP contribution >= 0.6 is 12.2 Å². The van der Waals surface area contributed by atoms with Gasteiger partial charge in [-0.1, -0.05) is 6.92 Å². The largest absolute Gasteiger partial charge is 0.354 e. The molecule has 4 nitrogen and oxygen atoms in total. The van der Waals surface area contributed by atoms with Crippen molar-refractivity contribution in [2.45, 2.75) is 20.3 Å². The van der Waals surface area contributed by atoms with Gasteiger partial charge in [0.15, 0.2) is 11.3 Å². The smallest absolute Gasteiger partial charge is 0.226 e. The van der Waals surface area contributed by atoms with Crippen molar-refractivity contribution in [3.8, 4) is 0 Å². The second-order valence-electron chi connectivity index (χ2n) is 3.97. The standard InChI is InChI=1S/C12H18N4S/c1-5-10-6-7-13-11(8-10)9(2)14-15-12(17)16(3)4/h6-8H,5H2,1-4H3,(H,15,17)/p+1/b14-9+. The van der Waals surface area contributed by atoms with Crippen molar-refractivity contribution >= 4 is 23.0 Å². The summed E-state index contributed by atoms with van der Waals surface area (Å²) < 4.78 is 0. The van der Waals surface area contributed by atoms with Crippen molar-refractivity contribution in [1.82, 2.24) is 10.3 Å². The third-order valence-corrected chi connectivity index (χ3v) is 2.85. The minimum absolute atomic E-state index is 0.594. The number of aromatic amines is 1. The van der Waals surface area contributed by atoms with E-state index in [1.54, 1.807) is 4.90 Å². The zero-order chi connectivity index (χ0) is 12.8. The Balaban J connectivity index is 2.77. The summed E-state index contributed by atoms with van der Waals surface area (Å²) in [6.45, 7) is 4.07. The van der Waals surface area contributed by atoms with Gasteiger partial charge in [-0.2, -0.15) is 5.10 Å². The number of nitrogens with one attached hydrogen (secondary N) is 2. The molecule has 0 aromatic carbocycles. The molecule has 0 spiro atoms. The highest BCUT2D eigenvalue weighted by Gasteiger charge is 2.06. The predicted octanol–water partition coefficient (Wildman–Crippen LogP) is 1.22. The number of rotatable bonds is 3. The molecule has 0 saturated heterocycles. The van der Waals surface area contributed by atoms with E-state index in [0.717, 1.165) is 17.8 Å². The normalized spacial score (nSPS) is 11.2. The highest BCUT2D eigenvalue weighted by atomic mass is 32.1. The lowest BCUT2D eigenvalue weighted by Crippen LogP contribution is -2.32. The number of hydrogen-bond donors (Lipinski definition) is 1. The van der Waals surface area contributed by atoms with Crippen LogP contribution in [0.4, 0.5) is 0 Å². The summed E-state index contributed by atoms with van der Waals surface area (Å²) in [5, 5.41) is 4.84. The summed E-state index contributed by atoms with van der Waals surface area (Å²) in [6, 6.07) is 4.16. The predicted molar refractivity (Wildman–Crippen MR) is 74.0 cm³/mol. The molecule has 0 unspecified atom stereocenters. The number of thiocarbonyl (C=S) groups is 1. The number of hydrazone groups is 1. The number of aryl methyl sites for hydroxylation is 1. The summed E-state index contributed by atoms with van der Waals surface area (Å²) in [7, 11) is 3.76. The fourth-order valence-corrected chi connectivity index (χ4v) is 1.28. The molecular weight excluding hydrogens is 232 g/mol. The van der Waals surface area contributed by atoms with Crippen molar-refractivity contribution < 1.29 is 4.98 Å². The summed E-state index contributed by atoms with van der Waals surface area (Å²) in [6.07, 6.45) is 2.94. The van der Waals surface area contributed by atoms with E-state index in [-0.39, 0.29) is 0 Å². The zero-order valence-corrected chi connectivity index (χ0v) is 11.6. The minimum atomic E-state index is 0.594. The Kier molecular flexibility index (Phi) is 5.03. The molecule has 1 aromatic rings. The van der Waals surface area contributed by atoms with Crippen molar-refractivity contribution in [3.63, 3.8) is 0 Å². The van der Waals surface area contributed by atoms with Gasteiger partial charge in [-0.3, -0.25) is 5.43 Å². The van der Waals surface area contributed by atoms with Crippen LogP contribution < -0.4 is 10.4 Å². The van der Waals surface area contributed by atoms with Crippen molar-refractivity contribution in [1.29, 1.82) is 0 Å². The third kappa shape index (κ3) is 4.11. The molecule has 0 bridgehead atoms. The topological polar surface area (TPSA) is 41.8 Å². The van der Waals surface area contributed by atoms with E-state index in [2.05, 4.69) is 34.6 Å².